The van der Waals surface area contributed by atoms with Gasteiger partial charge < -0.3 is 4.52 Å². The van der Waals surface area contributed by atoms with E-state index in [2.05, 4.69) is 17.0 Å². The number of aromatic nitrogens is 1. The number of hydrogen-bond donors (Lipinski definition) is 0. The summed E-state index contributed by atoms with van der Waals surface area (Å²) in [6.45, 7) is 5.20. The van der Waals surface area contributed by atoms with Crippen LogP contribution in [0.2, 0.25) is 0 Å². The molecule has 1 aromatic rings. The lowest BCUT2D eigenvalue weighted by atomic mass is 10.2. The lowest BCUT2D eigenvalue weighted by Crippen LogP contribution is -1.83. The average Bonchev–Trinajstić information content (AvgIpc) is 2.42. The van der Waals surface area contributed by atoms with E-state index in [-0.39, 0.29) is 5.12 Å². The molecule has 1 heterocycles. The Kier molecular flexibility index (Phi) is 3.78. The molecule has 74 valence electrons. The van der Waals surface area contributed by atoms with E-state index >= 15 is 0 Å². The molecule has 3 nitrogen and oxygen atoms in total. The quantitative estimate of drug-likeness (QED) is 0.663. The molecule has 0 saturated carbocycles. The molecule has 0 bridgehead atoms. The molecule has 0 aromatic carbocycles. The van der Waals surface area contributed by atoms with Crippen LogP contribution < -0.4 is 0 Å². The van der Waals surface area contributed by atoms with Gasteiger partial charge in [-0.05, 0) is 13.8 Å². The maximum atomic E-state index is 10.6. The number of nitrogens with zero attached hydrogens (tertiary/aromatic N) is 1. The van der Waals surface area contributed by atoms with E-state index in [1.807, 2.05) is 13.8 Å². The van der Waals surface area contributed by atoms with Gasteiger partial charge in [0.15, 0.2) is 5.12 Å². The molecule has 0 fully saturated rings. The van der Waals surface area contributed by atoms with Crippen molar-refractivity contribution in [1.82, 2.24) is 5.16 Å². The Morgan fingerprint density at radius 2 is 2.29 bits per heavy atom. The fourth-order valence-electron chi connectivity index (χ4n) is 0.924. The first-order valence-corrected chi connectivity index (χ1v) is 5.15. The van der Waals surface area contributed by atoms with Gasteiger partial charge in [0, 0.05) is 6.92 Å². The standard InChI is InChI=1S/C10H11NO2S/c1-7-10(8(2)13-11-7)5-4-6-14-9(3)12/h6H2,1-3H3. The van der Waals surface area contributed by atoms with Crippen LogP contribution >= 0.6 is 11.8 Å². The highest BCUT2D eigenvalue weighted by Gasteiger charge is 2.04. The predicted octanol–water partition coefficient (Wildman–Crippen LogP) is 1.92. The van der Waals surface area contributed by atoms with Gasteiger partial charge in [0.25, 0.3) is 0 Å². The highest BCUT2D eigenvalue weighted by atomic mass is 32.2. The molecule has 1 rings (SSSR count). The highest BCUT2D eigenvalue weighted by Crippen LogP contribution is 2.10. The van der Waals surface area contributed by atoms with Gasteiger partial charge in [-0.1, -0.05) is 28.8 Å². The summed E-state index contributed by atoms with van der Waals surface area (Å²) in [6.07, 6.45) is 0. The number of hydrogen-bond acceptors (Lipinski definition) is 4. The highest BCUT2D eigenvalue weighted by molar-refractivity contribution is 8.13. The van der Waals surface area contributed by atoms with Crippen molar-refractivity contribution in [2.24, 2.45) is 0 Å². The molecule has 14 heavy (non-hydrogen) atoms. The van der Waals surface area contributed by atoms with Crippen LogP contribution in [-0.2, 0) is 4.79 Å². The molecule has 0 atom stereocenters. The summed E-state index contributed by atoms with van der Waals surface area (Å²) < 4.78 is 4.95. The number of carbonyl (C=O) groups is 1. The van der Waals surface area contributed by atoms with Gasteiger partial charge in [-0.15, -0.1) is 0 Å². The molecule has 0 amide bonds. The maximum absolute atomic E-state index is 10.6. The zero-order valence-corrected chi connectivity index (χ0v) is 9.20. The van der Waals surface area contributed by atoms with Crippen molar-refractivity contribution in [3.05, 3.63) is 17.0 Å². The van der Waals surface area contributed by atoms with Crippen molar-refractivity contribution < 1.29 is 9.32 Å². The van der Waals surface area contributed by atoms with Crippen LogP contribution in [0.15, 0.2) is 4.52 Å². The predicted molar refractivity (Wildman–Crippen MR) is 56.0 cm³/mol. The van der Waals surface area contributed by atoms with E-state index in [4.69, 9.17) is 4.52 Å². The zero-order chi connectivity index (χ0) is 10.6. The van der Waals surface area contributed by atoms with E-state index in [1.165, 1.54) is 18.7 Å². The molecule has 0 radical (unpaired) electrons. The second-order valence-electron chi connectivity index (χ2n) is 2.78. The van der Waals surface area contributed by atoms with Crippen molar-refractivity contribution in [3.8, 4) is 11.8 Å². The number of carbonyl (C=O) groups excluding carboxylic acids is 1. The van der Waals surface area contributed by atoms with E-state index in [0.717, 1.165) is 17.0 Å². The van der Waals surface area contributed by atoms with Gasteiger partial charge in [-0.3, -0.25) is 4.79 Å². The Labute approximate surface area is 87.2 Å². The van der Waals surface area contributed by atoms with E-state index in [0.29, 0.717) is 5.75 Å². The summed E-state index contributed by atoms with van der Waals surface area (Å²) in [5.74, 6) is 7.07. The minimum Gasteiger partial charge on any atom is -0.360 e. The van der Waals surface area contributed by atoms with E-state index < -0.39 is 0 Å². The van der Waals surface area contributed by atoms with Crippen LogP contribution in [0, 0.1) is 25.7 Å². The minimum absolute atomic E-state index is 0.0815. The van der Waals surface area contributed by atoms with Crippen LogP contribution in [0.3, 0.4) is 0 Å². The topological polar surface area (TPSA) is 43.1 Å². The minimum atomic E-state index is 0.0815. The van der Waals surface area contributed by atoms with Gasteiger partial charge in [0.2, 0.25) is 0 Å². The molecule has 0 aliphatic heterocycles. The summed E-state index contributed by atoms with van der Waals surface area (Å²) >= 11 is 1.20. The molecular formula is C10H11NO2S. The van der Waals surface area contributed by atoms with E-state index in [9.17, 15) is 4.79 Å². The Bertz CT molecular complexity index is 378. The summed E-state index contributed by atoms with van der Waals surface area (Å²) in [7, 11) is 0. The Hall–Kier alpha value is -1.21. The first-order valence-electron chi connectivity index (χ1n) is 4.16. The molecule has 1 aromatic heterocycles. The van der Waals surface area contributed by atoms with Crippen LogP contribution in [0.1, 0.15) is 23.9 Å². The first-order chi connectivity index (χ1) is 6.61. The Balaban J connectivity index is 2.63. The van der Waals surface area contributed by atoms with Gasteiger partial charge >= 0.3 is 0 Å². The lowest BCUT2D eigenvalue weighted by Gasteiger charge is -1.86. The van der Waals surface area contributed by atoms with Crippen molar-refractivity contribution >= 4 is 16.9 Å². The summed E-state index contributed by atoms with van der Waals surface area (Å²) in [4.78, 5) is 10.6. The number of aryl methyl sites for hydroxylation is 2. The van der Waals surface area contributed by atoms with Gasteiger partial charge in [0.1, 0.15) is 5.76 Å². The Morgan fingerprint density at radius 1 is 1.57 bits per heavy atom. The normalized spacial score (nSPS) is 9.36. The SMILES string of the molecule is CC(=O)SCC#Cc1c(C)noc1C. The zero-order valence-electron chi connectivity index (χ0n) is 8.38. The molecule has 0 spiro atoms. The maximum Gasteiger partial charge on any atom is 0.186 e. The third kappa shape index (κ3) is 2.93. The third-order valence-corrected chi connectivity index (χ3v) is 2.29. The summed E-state index contributed by atoms with van der Waals surface area (Å²) in [5, 5.41) is 3.86. The lowest BCUT2D eigenvalue weighted by molar-refractivity contribution is -0.109. The fourth-order valence-corrected chi connectivity index (χ4v) is 1.27. The van der Waals surface area contributed by atoms with Crippen LogP contribution in [-0.4, -0.2) is 16.0 Å². The first kappa shape index (κ1) is 10.9. The summed E-state index contributed by atoms with van der Waals surface area (Å²) in [6, 6.07) is 0. The van der Waals surface area contributed by atoms with Gasteiger partial charge in [-0.2, -0.15) is 0 Å². The van der Waals surface area contributed by atoms with Crippen molar-refractivity contribution in [3.63, 3.8) is 0 Å². The second-order valence-corrected chi connectivity index (χ2v) is 3.93. The molecular weight excluding hydrogens is 198 g/mol. The molecule has 4 heteroatoms. The number of thioether (sulfide) groups is 1. The largest absolute Gasteiger partial charge is 0.360 e. The third-order valence-electron chi connectivity index (χ3n) is 1.59. The monoisotopic (exact) mass is 209 g/mol. The smallest absolute Gasteiger partial charge is 0.186 e. The average molecular weight is 209 g/mol. The molecule has 0 aliphatic rings. The van der Waals surface area contributed by atoms with E-state index in [1.54, 1.807) is 0 Å². The second kappa shape index (κ2) is 4.87. The van der Waals surface area contributed by atoms with Crippen LogP contribution in [0.4, 0.5) is 0 Å². The molecule has 0 saturated heterocycles. The molecule has 0 unspecified atom stereocenters. The van der Waals surface area contributed by atoms with Crippen LogP contribution in [0.25, 0.3) is 0 Å². The van der Waals surface area contributed by atoms with Gasteiger partial charge in [0.05, 0.1) is 17.0 Å². The molecule has 0 aliphatic carbocycles. The fraction of sp³-hybridized carbons (Fsp3) is 0.400. The van der Waals surface area contributed by atoms with Crippen molar-refractivity contribution in [2.45, 2.75) is 20.8 Å². The van der Waals surface area contributed by atoms with Crippen LogP contribution in [0.5, 0.6) is 0 Å². The Morgan fingerprint density at radius 3 is 2.79 bits per heavy atom. The number of rotatable bonds is 1. The van der Waals surface area contributed by atoms with Crippen molar-refractivity contribution in [1.29, 1.82) is 0 Å². The summed E-state index contributed by atoms with van der Waals surface area (Å²) in [5.41, 5.74) is 1.62. The molecule has 0 N–H and O–H groups in total. The van der Waals surface area contributed by atoms with Gasteiger partial charge in [-0.25, -0.2) is 0 Å². The van der Waals surface area contributed by atoms with Crippen molar-refractivity contribution in [2.75, 3.05) is 5.75 Å².